The van der Waals surface area contributed by atoms with Crippen molar-refractivity contribution >= 4 is 41.6 Å². The third-order valence-corrected chi connectivity index (χ3v) is 4.57. The van der Waals surface area contributed by atoms with Crippen molar-refractivity contribution in [3.05, 3.63) is 48.2 Å². The number of piperazine rings is 1. The fraction of sp³-hybridized carbons (Fsp3) is 0.294. The highest BCUT2D eigenvalue weighted by molar-refractivity contribution is 7.98. The zero-order valence-corrected chi connectivity index (χ0v) is 15.1. The van der Waals surface area contributed by atoms with E-state index >= 15 is 0 Å². The van der Waals surface area contributed by atoms with Crippen molar-refractivity contribution in [2.45, 2.75) is 4.90 Å². The molecule has 0 atom stereocenters. The summed E-state index contributed by atoms with van der Waals surface area (Å²) in [6, 6.07) is 11.4. The molecule has 0 saturated carbocycles. The molecule has 5 nitrogen and oxygen atoms in total. The smallest absolute Gasteiger partial charge is 0.256 e. The zero-order valence-electron chi connectivity index (χ0n) is 13.5. The molecule has 128 valence electrons. The predicted molar refractivity (Wildman–Crippen MR) is 103 cm³/mol. The lowest BCUT2D eigenvalue weighted by Gasteiger charge is -2.29. The summed E-state index contributed by atoms with van der Waals surface area (Å²) in [5, 5.41) is 6.17. The normalized spacial score (nSPS) is 14.0. The maximum absolute atomic E-state index is 12.2. The summed E-state index contributed by atoms with van der Waals surface area (Å²) in [5.41, 5.74) is 1.73. The average Bonchev–Trinajstić information content (AvgIpc) is 2.63. The molecule has 2 aromatic rings. The van der Waals surface area contributed by atoms with Crippen LogP contribution in [0.4, 0.5) is 11.5 Å². The summed E-state index contributed by atoms with van der Waals surface area (Å²) in [6.45, 7) is 3.94. The number of pyridine rings is 1. The molecule has 1 fully saturated rings. The van der Waals surface area contributed by atoms with Gasteiger partial charge in [0.15, 0.2) is 0 Å². The van der Waals surface area contributed by atoms with Crippen LogP contribution in [0.3, 0.4) is 0 Å². The Morgan fingerprint density at radius 3 is 2.46 bits per heavy atom. The lowest BCUT2D eigenvalue weighted by molar-refractivity contribution is 0.102. The monoisotopic (exact) mass is 364 g/mol. The van der Waals surface area contributed by atoms with Crippen LogP contribution in [0.2, 0.25) is 0 Å². The Balaban J connectivity index is 0.00000208. The zero-order chi connectivity index (χ0) is 16.1. The van der Waals surface area contributed by atoms with Crippen LogP contribution < -0.4 is 15.5 Å². The first kappa shape index (κ1) is 18.6. The molecule has 1 aromatic carbocycles. The summed E-state index contributed by atoms with van der Waals surface area (Å²) in [5.74, 6) is 0.433. The SMILES string of the molecule is CSc1ccc(C(=O)Nc2ccc(N3CCNCC3)cn2)cc1.Cl. The second-order valence-electron chi connectivity index (χ2n) is 5.32. The van der Waals surface area contributed by atoms with Gasteiger partial charge in [0.25, 0.3) is 5.91 Å². The van der Waals surface area contributed by atoms with Gasteiger partial charge >= 0.3 is 0 Å². The van der Waals surface area contributed by atoms with Crippen molar-refractivity contribution in [1.82, 2.24) is 10.3 Å². The second kappa shape index (κ2) is 8.92. The first-order valence-corrected chi connectivity index (χ1v) is 8.86. The topological polar surface area (TPSA) is 57.3 Å². The van der Waals surface area contributed by atoms with E-state index in [0.29, 0.717) is 11.4 Å². The second-order valence-corrected chi connectivity index (χ2v) is 6.20. The van der Waals surface area contributed by atoms with Crippen LogP contribution in [0, 0.1) is 0 Å². The van der Waals surface area contributed by atoms with E-state index in [0.717, 1.165) is 36.8 Å². The van der Waals surface area contributed by atoms with Crippen LogP contribution in [-0.2, 0) is 0 Å². The highest BCUT2D eigenvalue weighted by Crippen LogP contribution is 2.17. The van der Waals surface area contributed by atoms with E-state index in [1.807, 2.05) is 48.9 Å². The van der Waals surface area contributed by atoms with Gasteiger partial charge in [0.05, 0.1) is 11.9 Å². The number of thioether (sulfide) groups is 1. The summed E-state index contributed by atoms with van der Waals surface area (Å²) in [4.78, 5) is 20.0. The average molecular weight is 365 g/mol. The molecule has 3 rings (SSSR count). The molecule has 1 aliphatic heterocycles. The van der Waals surface area contributed by atoms with Crippen molar-refractivity contribution in [2.75, 3.05) is 42.7 Å². The van der Waals surface area contributed by atoms with Gasteiger partial charge in [0, 0.05) is 36.6 Å². The van der Waals surface area contributed by atoms with Gasteiger partial charge in [-0.2, -0.15) is 0 Å². The Morgan fingerprint density at radius 1 is 1.17 bits per heavy atom. The van der Waals surface area contributed by atoms with Crippen molar-refractivity contribution in [2.24, 2.45) is 0 Å². The van der Waals surface area contributed by atoms with E-state index in [1.165, 1.54) is 0 Å². The van der Waals surface area contributed by atoms with Crippen LogP contribution in [0.5, 0.6) is 0 Å². The first-order valence-electron chi connectivity index (χ1n) is 7.63. The van der Waals surface area contributed by atoms with Gasteiger partial charge in [-0.05, 0) is 42.7 Å². The number of benzene rings is 1. The number of carbonyl (C=O) groups is 1. The third kappa shape index (κ3) is 4.63. The van der Waals surface area contributed by atoms with Crippen molar-refractivity contribution in [1.29, 1.82) is 0 Å². The molecule has 2 N–H and O–H groups in total. The fourth-order valence-electron chi connectivity index (χ4n) is 2.50. The highest BCUT2D eigenvalue weighted by Gasteiger charge is 2.11. The minimum Gasteiger partial charge on any atom is -0.368 e. The van der Waals surface area contributed by atoms with Gasteiger partial charge in [-0.25, -0.2) is 4.98 Å². The Morgan fingerprint density at radius 2 is 1.88 bits per heavy atom. The molecule has 0 unspecified atom stereocenters. The number of halogens is 1. The standard InChI is InChI=1S/C17H20N4OS.ClH/c1-23-15-5-2-13(3-6-15)17(22)20-16-7-4-14(12-19-16)21-10-8-18-9-11-21;/h2-7,12,18H,8-11H2,1H3,(H,19,20,22);1H. The number of nitrogens with zero attached hydrogens (tertiary/aromatic N) is 2. The van der Waals surface area contributed by atoms with Gasteiger partial charge in [-0.1, -0.05) is 0 Å². The lowest BCUT2D eigenvalue weighted by atomic mass is 10.2. The minimum atomic E-state index is -0.139. The lowest BCUT2D eigenvalue weighted by Crippen LogP contribution is -2.43. The minimum absolute atomic E-state index is 0. The number of hydrogen-bond donors (Lipinski definition) is 2. The number of nitrogens with one attached hydrogen (secondary N) is 2. The largest absolute Gasteiger partial charge is 0.368 e. The van der Waals surface area contributed by atoms with Gasteiger partial charge in [-0.3, -0.25) is 4.79 Å². The fourth-order valence-corrected chi connectivity index (χ4v) is 2.91. The van der Waals surface area contributed by atoms with Crippen LogP contribution in [-0.4, -0.2) is 43.3 Å². The predicted octanol–water partition coefficient (Wildman–Crippen LogP) is 2.89. The van der Waals surface area contributed by atoms with Crippen molar-refractivity contribution in [3.8, 4) is 0 Å². The quantitative estimate of drug-likeness (QED) is 0.817. The van der Waals surface area contributed by atoms with Crippen LogP contribution in [0.15, 0.2) is 47.5 Å². The van der Waals surface area contributed by atoms with Gasteiger partial charge in [0.1, 0.15) is 5.82 Å². The highest BCUT2D eigenvalue weighted by atomic mass is 35.5. The molecule has 7 heteroatoms. The Kier molecular flexibility index (Phi) is 6.90. The summed E-state index contributed by atoms with van der Waals surface area (Å²) in [6.07, 6.45) is 3.83. The molecule has 1 aliphatic rings. The van der Waals surface area contributed by atoms with E-state index in [1.54, 1.807) is 11.8 Å². The molecule has 2 heterocycles. The molecule has 24 heavy (non-hydrogen) atoms. The number of amides is 1. The number of hydrogen-bond acceptors (Lipinski definition) is 5. The van der Waals surface area contributed by atoms with E-state index in [9.17, 15) is 4.79 Å². The van der Waals surface area contributed by atoms with Crippen LogP contribution >= 0.6 is 24.2 Å². The maximum atomic E-state index is 12.2. The van der Waals surface area contributed by atoms with Crippen LogP contribution in [0.1, 0.15) is 10.4 Å². The number of anilines is 2. The molecule has 0 aliphatic carbocycles. The number of rotatable bonds is 4. The molecule has 0 bridgehead atoms. The first-order chi connectivity index (χ1) is 11.3. The number of aromatic nitrogens is 1. The molecular weight excluding hydrogens is 344 g/mol. The van der Waals surface area contributed by atoms with Crippen molar-refractivity contribution in [3.63, 3.8) is 0 Å². The van der Waals surface area contributed by atoms with Gasteiger partial charge in [0.2, 0.25) is 0 Å². The third-order valence-electron chi connectivity index (χ3n) is 3.82. The molecule has 1 aromatic heterocycles. The Hall–Kier alpha value is -1.76. The Bertz CT molecular complexity index is 657. The molecule has 0 spiro atoms. The molecule has 1 amide bonds. The van der Waals surface area contributed by atoms with E-state index < -0.39 is 0 Å². The summed E-state index contributed by atoms with van der Waals surface area (Å²) in [7, 11) is 0. The molecule has 0 radical (unpaired) electrons. The number of carbonyl (C=O) groups excluding carboxylic acids is 1. The van der Waals surface area contributed by atoms with E-state index in [4.69, 9.17) is 0 Å². The van der Waals surface area contributed by atoms with E-state index in [2.05, 4.69) is 20.5 Å². The van der Waals surface area contributed by atoms with Gasteiger partial charge in [-0.15, -0.1) is 24.2 Å². The van der Waals surface area contributed by atoms with Crippen molar-refractivity contribution < 1.29 is 4.79 Å². The molecule has 1 saturated heterocycles. The molecular formula is C17H21ClN4OS. The summed E-state index contributed by atoms with van der Waals surface area (Å²) >= 11 is 1.66. The van der Waals surface area contributed by atoms with Crippen LogP contribution in [0.25, 0.3) is 0 Å². The van der Waals surface area contributed by atoms with E-state index in [-0.39, 0.29) is 18.3 Å². The Labute approximate surface area is 152 Å². The van der Waals surface area contributed by atoms with Gasteiger partial charge < -0.3 is 15.5 Å². The summed E-state index contributed by atoms with van der Waals surface area (Å²) < 4.78 is 0. The maximum Gasteiger partial charge on any atom is 0.256 e.